The minimum Gasteiger partial charge on any atom is -0.237 e. The van der Waals surface area contributed by atoms with Crippen LogP contribution in [0, 0.1) is 0 Å². The molecule has 90 valence electrons. The lowest BCUT2D eigenvalue weighted by Crippen LogP contribution is -2.08. The molecule has 17 heavy (non-hydrogen) atoms. The van der Waals surface area contributed by atoms with Gasteiger partial charge in [-0.25, -0.2) is 9.67 Å². The minimum absolute atomic E-state index is 0.389. The summed E-state index contributed by atoms with van der Waals surface area (Å²) in [5, 5.41) is 3.97. The van der Waals surface area contributed by atoms with Crippen molar-refractivity contribution in [2.24, 2.45) is 0 Å². The number of halogens is 4. The largest absolute Gasteiger partial charge is 0.435 e. The second-order valence-corrected chi connectivity index (χ2v) is 3.82. The summed E-state index contributed by atoms with van der Waals surface area (Å²) in [6.45, 7) is 0. The lowest BCUT2D eigenvalue weighted by molar-refractivity contribution is -0.141. The quantitative estimate of drug-likeness (QED) is 0.798. The molecular weight excluding hydrogens is 299 g/mol. The van der Waals surface area contributed by atoms with Crippen molar-refractivity contribution in [3.8, 4) is 5.82 Å². The summed E-state index contributed by atoms with van der Waals surface area (Å²) in [5.74, 6) is 0.389. The fraction of sp³-hybridized carbons (Fsp3) is 0.200. The van der Waals surface area contributed by atoms with Gasteiger partial charge in [-0.2, -0.15) is 18.3 Å². The van der Waals surface area contributed by atoms with Crippen LogP contribution in [0.2, 0.25) is 0 Å². The van der Waals surface area contributed by atoms with Crippen molar-refractivity contribution < 1.29 is 13.2 Å². The number of nitrogens with zero attached hydrogens (tertiary/aromatic N) is 3. The monoisotopic (exact) mass is 305 g/mol. The maximum atomic E-state index is 12.4. The molecule has 0 radical (unpaired) electrons. The molecule has 0 fully saturated rings. The molecule has 0 amide bonds. The molecule has 0 N–H and O–H groups in total. The van der Waals surface area contributed by atoms with Crippen LogP contribution in [0.5, 0.6) is 0 Å². The molecule has 0 aromatic carbocycles. The molecular formula is C10H7BrF3N3. The molecule has 0 bridgehead atoms. The first-order valence-corrected chi connectivity index (χ1v) is 5.77. The van der Waals surface area contributed by atoms with Gasteiger partial charge in [0.15, 0.2) is 11.5 Å². The Kier molecular flexibility index (Phi) is 3.19. The smallest absolute Gasteiger partial charge is 0.237 e. The average Bonchev–Trinajstić information content (AvgIpc) is 2.77. The fourth-order valence-electron chi connectivity index (χ4n) is 1.33. The lowest BCUT2D eigenvalue weighted by atomic mass is 10.3. The van der Waals surface area contributed by atoms with Crippen LogP contribution in [0.1, 0.15) is 11.3 Å². The van der Waals surface area contributed by atoms with Crippen LogP contribution in [-0.4, -0.2) is 14.8 Å². The molecule has 0 unspecified atom stereocenters. The Labute approximate surface area is 103 Å². The first-order chi connectivity index (χ1) is 8.02. The number of hydrogen-bond donors (Lipinski definition) is 0. The summed E-state index contributed by atoms with van der Waals surface area (Å²) < 4.78 is 38.3. The molecule has 0 saturated heterocycles. The third kappa shape index (κ3) is 2.49. The number of alkyl halides is 4. The highest BCUT2D eigenvalue weighted by atomic mass is 79.9. The zero-order chi connectivity index (χ0) is 12.5. The summed E-state index contributed by atoms with van der Waals surface area (Å²) in [5.41, 5.74) is -0.159. The van der Waals surface area contributed by atoms with Crippen molar-refractivity contribution in [3.63, 3.8) is 0 Å². The number of rotatable bonds is 2. The highest BCUT2D eigenvalue weighted by molar-refractivity contribution is 9.08. The van der Waals surface area contributed by atoms with Crippen molar-refractivity contribution in [1.29, 1.82) is 0 Å². The van der Waals surface area contributed by atoms with Crippen LogP contribution in [0.3, 0.4) is 0 Å². The Hall–Kier alpha value is -1.37. The van der Waals surface area contributed by atoms with Gasteiger partial charge in [0.05, 0.1) is 0 Å². The van der Waals surface area contributed by atoms with Gasteiger partial charge < -0.3 is 0 Å². The van der Waals surface area contributed by atoms with E-state index in [1.165, 1.54) is 12.4 Å². The Morgan fingerprint density at radius 2 is 2.06 bits per heavy atom. The van der Waals surface area contributed by atoms with E-state index in [4.69, 9.17) is 0 Å². The molecule has 2 heterocycles. The Balaban J connectivity index is 2.44. The molecule has 7 heteroatoms. The lowest BCUT2D eigenvalue weighted by Gasteiger charge is -2.05. The average molecular weight is 306 g/mol. The van der Waals surface area contributed by atoms with Crippen LogP contribution < -0.4 is 0 Å². The van der Waals surface area contributed by atoms with Crippen molar-refractivity contribution in [3.05, 3.63) is 41.9 Å². The van der Waals surface area contributed by atoms with E-state index in [-0.39, 0.29) is 0 Å². The summed E-state index contributed by atoms with van der Waals surface area (Å²) in [6, 6.07) is 4.41. The van der Waals surface area contributed by atoms with E-state index in [1.54, 1.807) is 12.1 Å². The first kappa shape index (κ1) is 12.1. The van der Waals surface area contributed by atoms with Gasteiger partial charge in [0.25, 0.3) is 0 Å². The highest BCUT2D eigenvalue weighted by Crippen LogP contribution is 2.28. The van der Waals surface area contributed by atoms with E-state index in [0.717, 1.165) is 16.3 Å². The van der Waals surface area contributed by atoms with Crippen molar-refractivity contribution in [2.75, 3.05) is 0 Å². The Morgan fingerprint density at radius 3 is 2.65 bits per heavy atom. The van der Waals surface area contributed by atoms with Crippen molar-refractivity contribution in [1.82, 2.24) is 14.8 Å². The molecule has 3 nitrogen and oxygen atoms in total. The Morgan fingerprint density at radius 1 is 1.29 bits per heavy atom. The van der Waals surface area contributed by atoms with Gasteiger partial charge >= 0.3 is 6.18 Å². The normalized spacial score (nSPS) is 11.8. The van der Waals surface area contributed by atoms with Crippen LogP contribution >= 0.6 is 15.9 Å². The Bertz CT molecular complexity index is 522. The molecule has 0 spiro atoms. The van der Waals surface area contributed by atoms with Crippen LogP contribution in [-0.2, 0) is 11.5 Å². The maximum Gasteiger partial charge on any atom is 0.435 e. The number of hydrogen-bond acceptors (Lipinski definition) is 2. The summed E-state index contributed by atoms with van der Waals surface area (Å²) >= 11 is 3.25. The predicted molar refractivity (Wildman–Crippen MR) is 59.0 cm³/mol. The van der Waals surface area contributed by atoms with E-state index >= 15 is 0 Å². The van der Waals surface area contributed by atoms with Crippen LogP contribution in [0.25, 0.3) is 5.82 Å². The van der Waals surface area contributed by atoms with E-state index in [1.807, 2.05) is 0 Å². The fourth-order valence-corrected chi connectivity index (χ4v) is 1.77. The van der Waals surface area contributed by atoms with E-state index < -0.39 is 11.9 Å². The zero-order valence-corrected chi connectivity index (χ0v) is 10.0. The molecule has 0 aliphatic carbocycles. The highest BCUT2D eigenvalue weighted by Gasteiger charge is 2.33. The molecule has 0 aliphatic rings. The summed E-state index contributed by atoms with van der Waals surface area (Å²) in [4.78, 5) is 4.02. The number of pyridine rings is 1. The topological polar surface area (TPSA) is 30.7 Å². The van der Waals surface area contributed by atoms with Crippen molar-refractivity contribution in [2.45, 2.75) is 11.5 Å². The molecule has 0 atom stereocenters. The second kappa shape index (κ2) is 4.48. The van der Waals surface area contributed by atoms with Crippen molar-refractivity contribution >= 4 is 15.9 Å². The molecule has 0 saturated carbocycles. The molecule has 2 rings (SSSR count). The molecule has 2 aromatic rings. The summed E-state index contributed by atoms with van der Waals surface area (Å²) in [6.07, 6.45) is -1.68. The zero-order valence-electron chi connectivity index (χ0n) is 8.45. The van der Waals surface area contributed by atoms with Gasteiger partial charge in [0.2, 0.25) is 0 Å². The second-order valence-electron chi connectivity index (χ2n) is 3.26. The van der Waals surface area contributed by atoms with Gasteiger partial charge in [-0.3, -0.25) is 0 Å². The maximum absolute atomic E-state index is 12.4. The molecule has 0 aliphatic heterocycles. The molecule has 2 aromatic heterocycles. The standard InChI is InChI=1S/C10H7BrF3N3/c11-6-7-2-1-4-15-9(7)17-5-3-8(16-17)10(12,13)14/h1-5H,6H2. The SMILES string of the molecule is FC(F)(F)c1ccn(-c2ncccc2CBr)n1. The third-order valence-electron chi connectivity index (χ3n) is 2.11. The predicted octanol–water partition coefficient (Wildman–Crippen LogP) is 3.18. The summed E-state index contributed by atoms with van der Waals surface area (Å²) in [7, 11) is 0. The van der Waals surface area contributed by atoms with E-state index in [2.05, 4.69) is 26.0 Å². The van der Waals surface area contributed by atoms with E-state index in [9.17, 15) is 13.2 Å². The van der Waals surface area contributed by atoms with Gasteiger partial charge in [0.1, 0.15) is 0 Å². The third-order valence-corrected chi connectivity index (χ3v) is 2.71. The van der Waals surface area contributed by atoms with E-state index in [0.29, 0.717) is 11.1 Å². The van der Waals surface area contributed by atoms with Crippen LogP contribution in [0.4, 0.5) is 13.2 Å². The number of aromatic nitrogens is 3. The van der Waals surface area contributed by atoms with Crippen LogP contribution in [0.15, 0.2) is 30.6 Å². The first-order valence-electron chi connectivity index (χ1n) is 4.65. The van der Waals surface area contributed by atoms with Gasteiger partial charge in [-0.05, 0) is 12.1 Å². The van der Waals surface area contributed by atoms with Gasteiger partial charge in [-0.15, -0.1) is 0 Å². The minimum atomic E-state index is -4.44. The van der Waals surface area contributed by atoms with Gasteiger partial charge in [-0.1, -0.05) is 22.0 Å². The van der Waals surface area contributed by atoms with Gasteiger partial charge in [0, 0.05) is 23.3 Å².